The fraction of sp³-hybridized carbons (Fsp3) is 0.0526. The normalized spacial score (nSPS) is 11.1. The predicted octanol–water partition coefficient (Wildman–Crippen LogP) is 5.36. The Labute approximate surface area is 180 Å². The van der Waals surface area contributed by atoms with Gasteiger partial charge in [0.1, 0.15) is 11.5 Å². The van der Waals surface area contributed by atoms with Gasteiger partial charge in [0, 0.05) is 14.5 Å². The third-order valence-electron chi connectivity index (χ3n) is 3.62. The summed E-state index contributed by atoms with van der Waals surface area (Å²) in [6.07, 6.45) is 1.36. The number of fused-ring (bicyclic) bond motifs is 1. The highest BCUT2D eigenvalue weighted by Crippen LogP contribution is 2.34. The quantitative estimate of drug-likeness (QED) is 0.328. The number of carbonyl (C=O) groups is 1. The molecule has 0 aromatic heterocycles. The first-order valence-corrected chi connectivity index (χ1v) is 10.1. The maximum atomic E-state index is 11.9. The van der Waals surface area contributed by atoms with Crippen molar-refractivity contribution in [3.05, 3.63) is 67.5 Å². The number of phenols is 1. The van der Waals surface area contributed by atoms with E-state index in [1.54, 1.807) is 18.2 Å². The predicted molar refractivity (Wildman–Crippen MR) is 116 cm³/mol. The van der Waals surface area contributed by atoms with Gasteiger partial charge < -0.3 is 9.84 Å². The number of ether oxygens (including phenoxy) is 1. The molecular weight excluding hydrogens is 544 g/mol. The van der Waals surface area contributed by atoms with E-state index in [-0.39, 0.29) is 12.4 Å². The van der Waals surface area contributed by atoms with Gasteiger partial charge in [-0.3, -0.25) is 4.79 Å². The Morgan fingerprint density at radius 2 is 1.81 bits per heavy atom. The average molecular weight is 557 g/mol. The van der Waals surface area contributed by atoms with Crippen molar-refractivity contribution in [2.75, 3.05) is 6.61 Å². The van der Waals surface area contributed by atoms with Crippen molar-refractivity contribution in [2.24, 2.45) is 5.10 Å². The molecule has 3 rings (SSSR count). The standard InChI is InChI=1S/C19H13Br3N2O3/c20-13-2-4-15-11(7-13)1-6-17(19(15)22)27-10-18(26)24-23-9-12-8-14(21)3-5-16(12)25/h1-9,25H,10H2,(H,24,26)/b23-9+. The second-order valence-electron chi connectivity index (χ2n) is 5.53. The summed E-state index contributed by atoms with van der Waals surface area (Å²) in [6.45, 7) is -0.192. The maximum Gasteiger partial charge on any atom is 0.277 e. The molecule has 0 saturated carbocycles. The van der Waals surface area contributed by atoms with E-state index in [2.05, 4.69) is 58.3 Å². The van der Waals surface area contributed by atoms with Gasteiger partial charge in [0.15, 0.2) is 6.61 Å². The van der Waals surface area contributed by atoms with Gasteiger partial charge in [0.25, 0.3) is 5.91 Å². The molecule has 3 aromatic carbocycles. The van der Waals surface area contributed by atoms with Crippen LogP contribution in [-0.2, 0) is 4.79 Å². The summed E-state index contributed by atoms with van der Waals surface area (Å²) >= 11 is 10.3. The van der Waals surface area contributed by atoms with Crippen molar-refractivity contribution in [3.63, 3.8) is 0 Å². The lowest BCUT2D eigenvalue weighted by atomic mass is 10.1. The van der Waals surface area contributed by atoms with Crippen LogP contribution in [0.1, 0.15) is 5.56 Å². The molecule has 3 aromatic rings. The topological polar surface area (TPSA) is 70.9 Å². The van der Waals surface area contributed by atoms with Crippen molar-refractivity contribution in [1.29, 1.82) is 0 Å². The largest absolute Gasteiger partial charge is 0.507 e. The van der Waals surface area contributed by atoms with E-state index in [0.29, 0.717) is 11.3 Å². The second-order valence-corrected chi connectivity index (χ2v) is 8.15. The Morgan fingerprint density at radius 1 is 1.07 bits per heavy atom. The Morgan fingerprint density at radius 3 is 2.63 bits per heavy atom. The first kappa shape index (κ1) is 19.9. The number of halogens is 3. The highest BCUT2D eigenvalue weighted by atomic mass is 79.9. The minimum absolute atomic E-state index is 0.0687. The van der Waals surface area contributed by atoms with Gasteiger partial charge in [-0.2, -0.15) is 5.10 Å². The molecule has 2 N–H and O–H groups in total. The number of hydrogen-bond donors (Lipinski definition) is 2. The number of hydrogen-bond acceptors (Lipinski definition) is 4. The smallest absolute Gasteiger partial charge is 0.277 e. The SMILES string of the molecule is O=C(COc1ccc2cc(Br)ccc2c1Br)N/N=C/c1cc(Br)ccc1O. The van der Waals surface area contributed by atoms with Gasteiger partial charge in [-0.1, -0.05) is 44.0 Å². The fourth-order valence-electron chi connectivity index (χ4n) is 2.33. The molecule has 5 nitrogen and oxygen atoms in total. The highest BCUT2D eigenvalue weighted by molar-refractivity contribution is 9.11. The highest BCUT2D eigenvalue weighted by Gasteiger charge is 2.09. The van der Waals surface area contributed by atoms with Crippen LogP contribution in [0.5, 0.6) is 11.5 Å². The lowest BCUT2D eigenvalue weighted by Gasteiger charge is -2.10. The van der Waals surface area contributed by atoms with Crippen molar-refractivity contribution in [3.8, 4) is 11.5 Å². The van der Waals surface area contributed by atoms with Crippen LogP contribution in [0.15, 0.2) is 67.1 Å². The van der Waals surface area contributed by atoms with Crippen LogP contribution in [-0.4, -0.2) is 23.8 Å². The number of phenolic OH excluding ortho intramolecular Hbond substituents is 1. The molecule has 0 aliphatic heterocycles. The number of rotatable bonds is 5. The van der Waals surface area contributed by atoms with Crippen LogP contribution in [0.4, 0.5) is 0 Å². The third kappa shape index (κ3) is 5.09. The molecule has 0 heterocycles. The van der Waals surface area contributed by atoms with Gasteiger partial charge >= 0.3 is 0 Å². The van der Waals surface area contributed by atoms with Crippen LogP contribution in [0.25, 0.3) is 10.8 Å². The van der Waals surface area contributed by atoms with E-state index in [0.717, 1.165) is 24.2 Å². The van der Waals surface area contributed by atoms with Crippen LogP contribution >= 0.6 is 47.8 Å². The van der Waals surface area contributed by atoms with Crippen LogP contribution < -0.4 is 10.2 Å². The summed E-state index contributed by atoms with van der Waals surface area (Å²) in [5, 5.41) is 15.6. The zero-order valence-corrected chi connectivity index (χ0v) is 18.5. The Hall–Kier alpha value is -1.90. The average Bonchev–Trinajstić information content (AvgIpc) is 2.64. The summed E-state index contributed by atoms with van der Waals surface area (Å²) in [7, 11) is 0. The number of aromatic hydroxyl groups is 1. The summed E-state index contributed by atoms with van der Waals surface area (Å²) in [5.74, 6) is 0.219. The Balaban J connectivity index is 1.61. The Kier molecular flexibility index (Phi) is 6.51. The number of benzene rings is 3. The molecule has 0 atom stereocenters. The van der Waals surface area contributed by atoms with Gasteiger partial charge in [0.2, 0.25) is 0 Å². The molecule has 0 bridgehead atoms. The molecule has 8 heteroatoms. The fourth-order valence-corrected chi connectivity index (χ4v) is 3.70. The molecule has 0 radical (unpaired) electrons. The maximum absolute atomic E-state index is 11.9. The molecule has 0 saturated heterocycles. The minimum atomic E-state index is -0.413. The monoisotopic (exact) mass is 554 g/mol. The van der Waals surface area contributed by atoms with Crippen LogP contribution in [0.2, 0.25) is 0 Å². The van der Waals surface area contributed by atoms with Crippen molar-refractivity contribution in [1.82, 2.24) is 5.43 Å². The van der Waals surface area contributed by atoms with E-state index in [1.165, 1.54) is 12.3 Å². The number of nitrogens with one attached hydrogen (secondary N) is 1. The summed E-state index contributed by atoms with van der Waals surface area (Å²) in [4.78, 5) is 11.9. The number of hydrazone groups is 1. The third-order valence-corrected chi connectivity index (χ3v) is 5.43. The molecule has 0 unspecified atom stereocenters. The number of amides is 1. The van der Waals surface area contributed by atoms with Crippen molar-refractivity contribution < 1.29 is 14.6 Å². The summed E-state index contributed by atoms with van der Waals surface area (Å²) < 4.78 is 8.15. The summed E-state index contributed by atoms with van der Waals surface area (Å²) in [6, 6.07) is 14.6. The van der Waals surface area contributed by atoms with Crippen molar-refractivity contribution >= 4 is 70.7 Å². The van der Waals surface area contributed by atoms with E-state index in [4.69, 9.17) is 4.74 Å². The molecule has 0 aliphatic carbocycles. The molecular formula is C19H13Br3N2O3. The van der Waals surface area contributed by atoms with Crippen LogP contribution in [0, 0.1) is 0 Å². The first-order valence-electron chi connectivity index (χ1n) is 7.75. The molecule has 1 amide bonds. The molecule has 27 heavy (non-hydrogen) atoms. The lowest BCUT2D eigenvalue weighted by molar-refractivity contribution is -0.123. The van der Waals surface area contributed by atoms with E-state index in [1.807, 2.05) is 24.3 Å². The van der Waals surface area contributed by atoms with E-state index in [9.17, 15) is 9.90 Å². The minimum Gasteiger partial charge on any atom is -0.507 e. The number of carbonyl (C=O) groups excluding carboxylic acids is 1. The van der Waals surface area contributed by atoms with Crippen molar-refractivity contribution in [2.45, 2.75) is 0 Å². The van der Waals surface area contributed by atoms with Gasteiger partial charge in [0.05, 0.1) is 10.7 Å². The first-order chi connectivity index (χ1) is 12.9. The molecule has 0 aliphatic rings. The lowest BCUT2D eigenvalue weighted by Crippen LogP contribution is -2.24. The van der Waals surface area contributed by atoms with E-state index >= 15 is 0 Å². The zero-order chi connectivity index (χ0) is 19.4. The second kappa shape index (κ2) is 8.86. The summed E-state index contributed by atoms with van der Waals surface area (Å²) in [5.41, 5.74) is 2.85. The van der Waals surface area contributed by atoms with Gasteiger partial charge in [-0.25, -0.2) is 5.43 Å². The van der Waals surface area contributed by atoms with Gasteiger partial charge in [-0.05, 0) is 63.1 Å². The zero-order valence-electron chi connectivity index (χ0n) is 13.7. The van der Waals surface area contributed by atoms with E-state index < -0.39 is 5.91 Å². The molecule has 0 spiro atoms. The van der Waals surface area contributed by atoms with Gasteiger partial charge in [-0.15, -0.1) is 0 Å². The Bertz CT molecular complexity index is 1040. The number of nitrogens with zero attached hydrogens (tertiary/aromatic N) is 1. The van der Waals surface area contributed by atoms with Crippen LogP contribution in [0.3, 0.4) is 0 Å². The molecule has 138 valence electrons. The molecule has 0 fully saturated rings.